The Morgan fingerprint density at radius 2 is 2.03 bits per heavy atom. The van der Waals surface area contributed by atoms with Gasteiger partial charge < -0.3 is 19.7 Å². The van der Waals surface area contributed by atoms with Crippen LogP contribution in [0.4, 0.5) is 11.4 Å². The number of methoxy groups -OCH3 is 1. The standard InChI is InChI=1S/C20H26N4O6/c1-23(20(14-21)8-4-3-5-9-20)18(25)13-30-19(26)15-6-7-16(22-10-11-29-2)17(12-15)24(27)28/h6-7,12,22H,3-5,8-11,13H2,1-2H3. The molecule has 0 heterocycles. The summed E-state index contributed by atoms with van der Waals surface area (Å²) in [6.45, 7) is 0.184. The van der Waals surface area contributed by atoms with Crippen molar-refractivity contribution in [2.75, 3.05) is 39.2 Å². The first-order valence-corrected chi connectivity index (χ1v) is 9.71. The highest BCUT2D eigenvalue weighted by Crippen LogP contribution is 2.32. The number of likely N-dealkylation sites (N-methyl/N-ethyl adjacent to an activating group) is 1. The molecule has 0 bridgehead atoms. The molecule has 1 aliphatic carbocycles. The van der Waals surface area contributed by atoms with Gasteiger partial charge in [0.1, 0.15) is 11.2 Å². The molecule has 30 heavy (non-hydrogen) atoms. The molecule has 0 aliphatic heterocycles. The minimum atomic E-state index is -0.879. The van der Waals surface area contributed by atoms with Crippen molar-refractivity contribution in [1.82, 2.24) is 4.90 Å². The zero-order valence-electron chi connectivity index (χ0n) is 17.2. The number of nitro benzene ring substituents is 1. The van der Waals surface area contributed by atoms with Gasteiger partial charge in [-0.3, -0.25) is 14.9 Å². The van der Waals surface area contributed by atoms with Gasteiger partial charge in [0, 0.05) is 26.8 Å². The monoisotopic (exact) mass is 418 g/mol. The summed E-state index contributed by atoms with van der Waals surface area (Å²) in [5.41, 5.74) is -0.954. The lowest BCUT2D eigenvalue weighted by atomic mass is 9.81. The summed E-state index contributed by atoms with van der Waals surface area (Å²) in [5, 5.41) is 23.8. The minimum Gasteiger partial charge on any atom is -0.452 e. The summed E-state index contributed by atoms with van der Waals surface area (Å²) in [6, 6.07) is 6.13. The number of nitriles is 1. The number of carbonyl (C=O) groups excluding carboxylic acids is 2. The Balaban J connectivity index is 2.03. The van der Waals surface area contributed by atoms with E-state index in [2.05, 4.69) is 11.4 Å². The number of hydrogen-bond acceptors (Lipinski definition) is 8. The van der Waals surface area contributed by atoms with Crippen LogP contribution in [0.1, 0.15) is 42.5 Å². The molecule has 0 aromatic heterocycles. The minimum absolute atomic E-state index is 0.0397. The van der Waals surface area contributed by atoms with Crippen molar-refractivity contribution in [2.45, 2.75) is 37.6 Å². The van der Waals surface area contributed by atoms with Crippen LogP contribution < -0.4 is 5.32 Å². The largest absolute Gasteiger partial charge is 0.452 e. The van der Waals surface area contributed by atoms with E-state index in [1.807, 2.05) is 0 Å². The van der Waals surface area contributed by atoms with E-state index in [0.717, 1.165) is 25.3 Å². The predicted molar refractivity (Wildman–Crippen MR) is 108 cm³/mol. The molecule has 10 heteroatoms. The molecule has 0 radical (unpaired) electrons. The van der Waals surface area contributed by atoms with E-state index in [1.54, 1.807) is 0 Å². The molecular formula is C20H26N4O6. The third kappa shape index (κ3) is 5.45. The Morgan fingerprint density at radius 1 is 1.33 bits per heavy atom. The van der Waals surface area contributed by atoms with Crippen molar-refractivity contribution in [1.29, 1.82) is 5.26 Å². The molecule has 0 atom stereocenters. The summed E-state index contributed by atoms with van der Waals surface area (Å²) in [7, 11) is 3.05. The summed E-state index contributed by atoms with van der Waals surface area (Å²) >= 11 is 0. The maximum Gasteiger partial charge on any atom is 0.338 e. The topological polar surface area (TPSA) is 135 Å². The average Bonchev–Trinajstić information content (AvgIpc) is 2.77. The third-order valence-corrected chi connectivity index (χ3v) is 5.28. The van der Waals surface area contributed by atoms with Crippen molar-refractivity contribution in [3.63, 3.8) is 0 Å². The summed E-state index contributed by atoms with van der Waals surface area (Å²) in [6.07, 6.45) is 3.92. The highest BCUT2D eigenvalue weighted by Gasteiger charge is 2.39. The zero-order chi connectivity index (χ0) is 22.1. The number of anilines is 1. The van der Waals surface area contributed by atoms with Gasteiger partial charge in [0.15, 0.2) is 6.61 Å². The molecule has 2 rings (SSSR count). The quantitative estimate of drug-likeness (QED) is 0.280. The average molecular weight is 418 g/mol. The number of nitrogens with one attached hydrogen (secondary N) is 1. The number of nitrogens with zero attached hydrogens (tertiary/aromatic N) is 3. The fourth-order valence-corrected chi connectivity index (χ4v) is 3.45. The van der Waals surface area contributed by atoms with E-state index >= 15 is 0 Å². The Morgan fingerprint density at radius 3 is 2.63 bits per heavy atom. The Bertz CT molecular complexity index is 829. The molecule has 1 saturated carbocycles. The number of esters is 1. The predicted octanol–water partition coefficient (Wildman–Crippen LogP) is 2.49. The molecule has 1 N–H and O–H groups in total. The molecule has 0 unspecified atom stereocenters. The molecule has 0 saturated heterocycles. The smallest absolute Gasteiger partial charge is 0.338 e. The molecular weight excluding hydrogens is 392 g/mol. The normalized spacial score (nSPS) is 15.0. The van der Waals surface area contributed by atoms with Gasteiger partial charge in [-0.1, -0.05) is 19.3 Å². The van der Waals surface area contributed by atoms with Crippen LogP contribution in [0.2, 0.25) is 0 Å². The summed E-state index contributed by atoms with van der Waals surface area (Å²) in [4.78, 5) is 36.9. The molecule has 1 fully saturated rings. The van der Waals surface area contributed by atoms with Crippen LogP contribution in [0.3, 0.4) is 0 Å². The van der Waals surface area contributed by atoms with Gasteiger partial charge in [-0.05, 0) is 25.0 Å². The SMILES string of the molecule is COCCNc1ccc(C(=O)OCC(=O)N(C)C2(C#N)CCCCC2)cc1[N+](=O)[O-]. The number of nitro groups is 1. The number of amides is 1. The van der Waals surface area contributed by atoms with Crippen molar-refractivity contribution in [3.8, 4) is 6.07 Å². The summed E-state index contributed by atoms with van der Waals surface area (Å²) < 4.78 is 9.96. The van der Waals surface area contributed by atoms with Crippen molar-refractivity contribution >= 4 is 23.3 Å². The number of benzene rings is 1. The van der Waals surface area contributed by atoms with E-state index in [9.17, 15) is 25.0 Å². The lowest BCUT2D eigenvalue weighted by Crippen LogP contribution is -2.51. The first-order chi connectivity index (χ1) is 14.3. The number of rotatable bonds is 9. The maximum absolute atomic E-state index is 12.5. The number of ether oxygens (including phenoxy) is 2. The Hall–Kier alpha value is -3.19. The van der Waals surface area contributed by atoms with E-state index < -0.39 is 28.9 Å². The first-order valence-electron chi connectivity index (χ1n) is 9.71. The third-order valence-electron chi connectivity index (χ3n) is 5.28. The molecule has 162 valence electrons. The van der Waals surface area contributed by atoms with Crippen molar-refractivity contribution < 1.29 is 24.0 Å². The van der Waals surface area contributed by atoms with Gasteiger partial charge in [0.25, 0.3) is 11.6 Å². The molecule has 10 nitrogen and oxygen atoms in total. The number of carbonyl (C=O) groups is 2. The molecule has 1 aromatic rings. The Kier molecular flexibility index (Phi) is 8.12. The molecule has 1 aliphatic rings. The van der Waals surface area contributed by atoms with Crippen LogP contribution >= 0.6 is 0 Å². The fraction of sp³-hybridized carbons (Fsp3) is 0.550. The van der Waals surface area contributed by atoms with E-state index in [0.29, 0.717) is 26.0 Å². The lowest BCUT2D eigenvalue weighted by molar-refractivity contribution is -0.384. The van der Waals surface area contributed by atoms with Crippen LogP contribution in [0.25, 0.3) is 0 Å². The van der Waals surface area contributed by atoms with Crippen LogP contribution in [-0.2, 0) is 14.3 Å². The zero-order valence-corrected chi connectivity index (χ0v) is 17.2. The highest BCUT2D eigenvalue weighted by molar-refractivity contribution is 5.93. The van der Waals surface area contributed by atoms with E-state index in [1.165, 1.54) is 31.2 Å². The Labute approximate surface area is 174 Å². The summed E-state index contributed by atoms with van der Waals surface area (Å²) in [5.74, 6) is -1.34. The second-order valence-corrected chi connectivity index (χ2v) is 7.14. The molecule has 0 spiro atoms. The van der Waals surface area contributed by atoms with Gasteiger partial charge in [-0.2, -0.15) is 5.26 Å². The van der Waals surface area contributed by atoms with Crippen LogP contribution in [-0.4, -0.2) is 61.2 Å². The van der Waals surface area contributed by atoms with E-state index in [-0.39, 0.29) is 16.9 Å². The van der Waals surface area contributed by atoms with E-state index in [4.69, 9.17) is 9.47 Å². The highest BCUT2D eigenvalue weighted by atomic mass is 16.6. The first kappa shape index (κ1) is 23.1. The van der Waals surface area contributed by atoms with Gasteiger partial charge in [0.2, 0.25) is 0 Å². The van der Waals surface area contributed by atoms with Crippen LogP contribution in [0, 0.1) is 21.4 Å². The van der Waals surface area contributed by atoms with Gasteiger partial charge in [0.05, 0.1) is 23.2 Å². The van der Waals surface area contributed by atoms with Gasteiger partial charge in [-0.25, -0.2) is 4.79 Å². The van der Waals surface area contributed by atoms with Gasteiger partial charge in [-0.15, -0.1) is 0 Å². The second-order valence-electron chi connectivity index (χ2n) is 7.14. The maximum atomic E-state index is 12.5. The van der Waals surface area contributed by atoms with Crippen molar-refractivity contribution in [3.05, 3.63) is 33.9 Å². The van der Waals surface area contributed by atoms with Gasteiger partial charge >= 0.3 is 5.97 Å². The molecule has 1 aromatic carbocycles. The second kappa shape index (κ2) is 10.5. The lowest BCUT2D eigenvalue weighted by Gasteiger charge is -2.38. The molecule has 1 amide bonds. The number of hydrogen-bond donors (Lipinski definition) is 1. The van der Waals surface area contributed by atoms with Crippen LogP contribution in [0.15, 0.2) is 18.2 Å². The van der Waals surface area contributed by atoms with Crippen LogP contribution in [0.5, 0.6) is 0 Å². The van der Waals surface area contributed by atoms with Crippen molar-refractivity contribution in [2.24, 2.45) is 0 Å². The fourth-order valence-electron chi connectivity index (χ4n) is 3.45.